The number of hydrogen-bond donors (Lipinski definition) is 3. The lowest BCUT2D eigenvalue weighted by Gasteiger charge is -2.05. The number of hydrogen-bond acceptors (Lipinski definition) is 3. The average Bonchev–Trinajstić information content (AvgIpc) is 2.34. The van der Waals surface area contributed by atoms with Crippen molar-refractivity contribution < 1.29 is 19.5 Å². The van der Waals surface area contributed by atoms with Crippen LogP contribution in [0, 0.1) is 0 Å². The Balaban J connectivity index is 2.39. The molecular formula is C11H11ClN2O4. The van der Waals surface area contributed by atoms with Gasteiger partial charge in [0.05, 0.1) is 6.54 Å². The first-order chi connectivity index (χ1) is 8.49. The van der Waals surface area contributed by atoms with Crippen LogP contribution in [-0.4, -0.2) is 36.0 Å². The molecule has 0 unspecified atom stereocenters. The highest BCUT2D eigenvalue weighted by Crippen LogP contribution is 2.08. The van der Waals surface area contributed by atoms with E-state index in [1.807, 2.05) is 0 Å². The van der Waals surface area contributed by atoms with Crippen molar-refractivity contribution in [2.45, 2.75) is 0 Å². The van der Waals surface area contributed by atoms with Gasteiger partial charge in [-0.2, -0.15) is 0 Å². The van der Waals surface area contributed by atoms with Crippen molar-refractivity contribution in [3.8, 4) is 0 Å². The highest BCUT2D eigenvalue weighted by molar-refractivity contribution is 6.30. The van der Waals surface area contributed by atoms with Crippen LogP contribution in [0.25, 0.3) is 0 Å². The van der Waals surface area contributed by atoms with E-state index in [1.165, 1.54) is 12.1 Å². The molecule has 1 aromatic rings. The second-order valence-electron chi connectivity index (χ2n) is 3.36. The van der Waals surface area contributed by atoms with E-state index in [0.717, 1.165) is 0 Å². The van der Waals surface area contributed by atoms with Crippen molar-refractivity contribution in [1.29, 1.82) is 0 Å². The monoisotopic (exact) mass is 270 g/mol. The summed E-state index contributed by atoms with van der Waals surface area (Å²) in [5.74, 6) is -2.15. The Hall–Kier alpha value is -2.08. The SMILES string of the molecule is O=C(O)CNC(=O)CNC(=O)c1ccc(Cl)cc1. The number of carbonyl (C=O) groups excluding carboxylic acids is 2. The van der Waals surface area contributed by atoms with Gasteiger partial charge in [0.15, 0.2) is 0 Å². The molecule has 6 nitrogen and oxygen atoms in total. The van der Waals surface area contributed by atoms with E-state index in [2.05, 4.69) is 10.6 Å². The lowest BCUT2D eigenvalue weighted by Crippen LogP contribution is -2.38. The summed E-state index contributed by atoms with van der Waals surface area (Å²) >= 11 is 5.66. The summed E-state index contributed by atoms with van der Waals surface area (Å²) in [4.78, 5) is 32.9. The van der Waals surface area contributed by atoms with Gasteiger partial charge in [0, 0.05) is 10.6 Å². The van der Waals surface area contributed by atoms with E-state index in [0.29, 0.717) is 10.6 Å². The number of amides is 2. The number of benzene rings is 1. The van der Waals surface area contributed by atoms with Crippen LogP contribution in [0.1, 0.15) is 10.4 Å². The third-order valence-corrected chi connectivity index (χ3v) is 2.20. The predicted molar refractivity (Wildman–Crippen MR) is 64.4 cm³/mol. The third-order valence-electron chi connectivity index (χ3n) is 1.95. The molecule has 0 saturated heterocycles. The second kappa shape index (κ2) is 6.61. The highest BCUT2D eigenvalue weighted by Gasteiger charge is 2.08. The molecule has 1 rings (SSSR count). The van der Waals surface area contributed by atoms with Gasteiger partial charge in [-0.25, -0.2) is 0 Å². The number of halogens is 1. The normalized spacial score (nSPS) is 9.61. The van der Waals surface area contributed by atoms with E-state index in [1.54, 1.807) is 12.1 Å². The van der Waals surface area contributed by atoms with E-state index < -0.39 is 24.3 Å². The van der Waals surface area contributed by atoms with Gasteiger partial charge in [0.2, 0.25) is 5.91 Å². The summed E-state index contributed by atoms with van der Waals surface area (Å²) in [6, 6.07) is 6.15. The molecule has 3 N–H and O–H groups in total. The van der Waals surface area contributed by atoms with Crippen LogP contribution in [0.2, 0.25) is 5.02 Å². The lowest BCUT2D eigenvalue weighted by atomic mass is 10.2. The Kier molecular flexibility index (Phi) is 5.13. The average molecular weight is 271 g/mol. The summed E-state index contributed by atoms with van der Waals surface area (Å²) < 4.78 is 0. The summed E-state index contributed by atoms with van der Waals surface area (Å²) in [5, 5.41) is 13.3. The maximum Gasteiger partial charge on any atom is 0.322 e. The summed E-state index contributed by atoms with van der Waals surface area (Å²) in [6.45, 7) is -0.760. The smallest absolute Gasteiger partial charge is 0.322 e. The van der Waals surface area contributed by atoms with Crippen molar-refractivity contribution in [1.82, 2.24) is 10.6 Å². The first-order valence-corrected chi connectivity index (χ1v) is 5.39. The van der Waals surface area contributed by atoms with Crippen LogP contribution in [0.4, 0.5) is 0 Å². The number of aliphatic carboxylic acids is 1. The minimum absolute atomic E-state index is 0.283. The maximum atomic E-state index is 11.5. The molecule has 18 heavy (non-hydrogen) atoms. The zero-order valence-electron chi connectivity index (χ0n) is 9.27. The Morgan fingerprint density at radius 3 is 2.22 bits per heavy atom. The number of carboxylic acid groups (broad SMARTS) is 1. The fraction of sp³-hybridized carbons (Fsp3) is 0.182. The van der Waals surface area contributed by atoms with Crippen molar-refractivity contribution in [3.05, 3.63) is 34.9 Å². The van der Waals surface area contributed by atoms with Gasteiger partial charge in [-0.1, -0.05) is 11.6 Å². The quantitative estimate of drug-likeness (QED) is 0.716. The van der Waals surface area contributed by atoms with Crippen LogP contribution >= 0.6 is 11.6 Å². The Labute approximate surface area is 108 Å². The van der Waals surface area contributed by atoms with Gasteiger partial charge in [0.25, 0.3) is 5.91 Å². The van der Waals surface area contributed by atoms with E-state index in [9.17, 15) is 14.4 Å². The van der Waals surface area contributed by atoms with Gasteiger partial charge < -0.3 is 15.7 Å². The minimum Gasteiger partial charge on any atom is -0.480 e. The standard InChI is InChI=1S/C11H11ClN2O4/c12-8-3-1-7(2-4-8)11(18)14-5-9(15)13-6-10(16)17/h1-4H,5-6H2,(H,13,15)(H,14,18)(H,16,17). The van der Waals surface area contributed by atoms with Gasteiger partial charge in [-0.05, 0) is 24.3 Å². The molecule has 0 atom stereocenters. The molecule has 0 fully saturated rings. The van der Waals surface area contributed by atoms with Gasteiger partial charge in [-0.3, -0.25) is 14.4 Å². The van der Waals surface area contributed by atoms with Crippen LogP contribution in [0.15, 0.2) is 24.3 Å². The molecule has 96 valence electrons. The zero-order valence-corrected chi connectivity index (χ0v) is 10.0. The van der Waals surface area contributed by atoms with E-state index in [4.69, 9.17) is 16.7 Å². The molecule has 0 aliphatic carbocycles. The number of nitrogens with one attached hydrogen (secondary N) is 2. The van der Waals surface area contributed by atoms with Crippen LogP contribution in [0.5, 0.6) is 0 Å². The fourth-order valence-electron chi connectivity index (χ4n) is 1.10. The number of carbonyl (C=O) groups is 3. The summed E-state index contributed by atoms with van der Waals surface area (Å²) in [5.41, 5.74) is 0.366. The van der Waals surface area contributed by atoms with Crippen molar-refractivity contribution in [2.75, 3.05) is 13.1 Å². The molecule has 0 radical (unpaired) electrons. The molecule has 0 aromatic heterocycles. The first kappa shape index (κ1) is 14.0. The number of carboxylic acids is 1. The molecule has 0 spiro atoms. The van der Waals surface area contributed by atoms with Crippen LogP contribution in [-0.2, 0) is 9.59 Å². The largest absolute Gasteiger partial charge is 0.480 e. The predicted octanol–water partition coefficient (Wildman–Crippen LogP) is 0.271. The maximum absolute atomic E-state index is 11.5. The molecule has 1 aromatic carbocycles. The number of rotatable bonds is 5. The van der Waals surface area contributed by atoms with E-state index >= 15 is 0 Å². The molecule has 2 amide bonds. The minimum atomic E-state index is -1.15. The molecule has 0 heterocycles. The Morgan fingerprint density at radius 2 is 1.67 bits per heavy atom. The summed E-state index contributed by atoms with van der Waals surface area (Å²) in [7, 11) is 0. The second-order valence-corrected chi connectivity index (χ2v) is 3.80. The van der Waals surface area contributed by atoms with Crippen LogP contribution in [0.3, 0.4) is 0 Å². The van der Waals surface area contributed by atoms with Crippen molar-refractivity contribution in [2.24, 2.45) is 0 Å². The molecule has 7 heteroatoms. The molecule has 0 bridgehead atoms. The summed E-state index contributed by atoms with van der Waals surface area (Å²) in [6.07, 6.45) is 0. The Morgan fingerprint density at radius 1 is 1.06 bits per heavy atom. The van der Waals surface area contributed by atoms with Crippen molar-refractivity contribution >= 4 is 29.4 Å². The Bertz CT molecular complexity index is 459. The van der Waals surface area contributed by atoms with Gasteiger partial charge >= 0.3 is 5.97 Å². The van der Waals surface area contributed by atoms with Crippen molar-refractivity contribution in [3.63, 3.8) is 0 Å². The highest BCUT2D eigenvalue weighted by atomic mass is 35.5. The van der Waals surface area contributed by atoms with Crippen LogP contribution < -0.4 is 10.6 Å². The zero-order chi connectivity index (χ0) is 13.5. The molecule has 0 saturated carbocycles. The molecule has 0 aliphatic rings. The first-order valence-electron chi connectivity index (χ1n) is 5.01. The molecule has 0 aliphatic heterocycles. The van der Waals surface area contributed by atoms with Gasteiger partial charge in [-0.15, -0.1) is 0 Å². The van der Waals surface area contributed by atoms with E-state index in [-0.39, 0.29) is 6.54 Å². The topological polar surface area (TPSA) is 95.5 Å². The molecular weight excluding hydrogens is 260 g/mol. The fourth-order valence-corrected chi connectivity index (χ4v) is 1.23. The van der Waals surface area contributed by atoms with Gasteiger partial charge in [0.1, 0.15) is 6.54 Å². The third kappa shape index (κ3) is 4.84. The lowest BCUT2D eigenvalue weighted by molar-refractivity contribution is -0.137.